The summed E-state index contributed by atoms with van der Waals surface area (Å²) in [6.45, 7) is 1.63. The molecule has 1 aromatic carbocycles. The fraction of sp³-hybridized carbons (Fsp3) is 0.312. The first-order valence-corrected chi connectivity index (χ1v) is 7.41. The highest BCUT2D eigenvalue weighted by Crippen LogP contribution is 2.21. The highest BCUT2D eigenvalue weighted by molar-refractivity contribution is 5.96. The summed E-state index contributed by atoms with van der Waals surface area (Å²) < 4.78 is 1.22. The molecule has 6 heteroatoms. The van der Waals surface area contributed by atoms with Crippen LogP contribution in [-0.4, -0.2) is 28.8 Å². The van der Waals surface area contributed by atoms with Gasteiger partial charge in [-0.3, -0.25) is 9.59 Å². The molecule has 0 radical (unpaired) electrons. The highest BCUT2D eigenvalue weighted by Gasteiger charge is 2.21. The zero-order chi connectivity index (χ0) is 15.5. The van der Waals surface area contributed by atoms with Crippen molar-refractivity contribution in [1.29, 1.82) is 0 Å². The first-order valence-electron chi connectivity index (χ1n) is 7.41. The number of hydrogen-bond donors (Lipinski definition) is 1. The van der Waals surface area contributed by atoms with E-state index in [0.29, 0.717) is 11.4 Å². The fourth-order valence-corrected chi connectivity index (χ4v) is 2.75. The largest absolute Gasteiger partial charge is 0.369 e. The number of hydrogen-bond acceptors (Lipinski definition) is 4. The lowest BCUT2D eigenvalue weighted by Gasteiger charge is -2.29. The molecule has 0 saturated carbocycles. The molecule has 1 aromatic heterocycles. The molecular weight excluding hydrogens is 280 g/mol. The van der Waals surface area contributed by atoms with Crippen LogP contribution in [-0.2, 0) is 0 Å². The van der Waals surface area contributed by atoms with Crippen molar-refractivity contribution in [2.24, 2.45) is 5.73 Å². The smallest absolute Gasteiger partial charge is 0.273 e. The maximum Gasteiger partial charge on any atom is 0.273 e. The number of para-hydroxylation sites is 1. The molecule has 2 heterocycles. The van der Waals surface area contributed by atoms with Crippen molar-refractivity contribution in [2.75, 3.05) is 18.0 Å². The minimum Gasteiger partial charge on any atom is -0.369 e. The van der Waals surface area contributed by atoms with Crippen molar-refractivity contribution in [3.05, 3.63) is 52.4 Å². The zero-order valence-electron chi connectivity index (χ0n) is 12.2. The lowest BCUT2D eigenvalue weighted by Crippen LogP contribution is -2.35. The molecule has 0 spiro atoms. The summed E-state index contributed by atoms with van der Waals surface area (Å²) in [5.74, 6) is -0.620. The zero-order valence-corrected chi connectivity index (χ0v) is 12.2. The summed E-state index contributed by atoms with van der Waals surface area (Å²) >= 11 is 0. The molecule has 0 atom stereocenters. The lowest BCUT2D eigenvalue weighted by molar-refractivity contribution is 0.0994. The summed E-state index contributed by atoms with van der Waals surface area (Å²) in [5, 5.41) is 4.21. The third-order valence-corrected chi connectivity index (χ3v) is 3.84. The van der Waals surface area contributed by atoms with Crippen LogP contribution in [0.5, 0.6) is 0 Å². The summed E-state index contributed by atoms with van der Waals surface area (Å²) in [7, 11) is 0. The third-order valence-electron chi connectivity index (χ3n) is 3.84. The van der Waals surface area contributed by atoms with Crippen LogP contribution in [0.3, 0.4) is 0 Å². The number of aromatic nitrogens is 2. The number of nitrogens with zero attached hydrogens (tertiary/aromatic N) is 3. The summed E-state index contributed by atoms with van der Waals surface area (Å²) in [4.78, 5) is 26.2. The van der Waals surface area contributed by atoms with Crippen LogP contribution in [0.4, 0.5) is 5.69 Å². The molecule has 22 heavy (non-hydrogen) atoms. The quantitative estimate of drug-likeness (QED) is 0.926. The molecule has 0 unspecified atom stereocenters. The second-order valence-corrected chi connectivity index (χ2v) is 5.38. The molecule has 6 nitrogen and oxygen atoms in total. The molecule has 0 bridgehead atoms. The highest BCUT2D eigenvalue weighted by atomic mass is 16.1. The molecule has 1 aliphatic rings. The minimum atomic E-state index is -0.620. The standard InChI is InChI=1S/C16H18N4O2/c17-16(22)15-13(19-9-5-2-6-10-19)11-14(21)20(18-15)12-7-3-1-4-8-12/h1,3-4,7-8,11H,2,5-6,9-10H2,(H2,17,22). The van der Waals surface area contributed by atoms with E-state index in [1.54, 1.807) is 12.1 Å². The Hall–Kier alpha value is -2.63. The predicted octanol–water partition coefficient (Wildman–Crippen LogP) is 1.32. The van der Waals surface area contributed by atoms with Crippen LogP contribution in [0.15, 0.2) is 41.2 Å². The van der Waals surface area contributed by atoms with E-state index in [9.17, 15) is 9.59 Å². The molecular formula is C16H18N4O2. The van der Waals surface area contributed by atoms with Gasteiger partial charge in [-0.25, -0.2) is 0 Å². The van der Waals surface area contributed by atoms with E-state index in [2.05, 4.69) is 5.10 Å². The Bertz CT molecular complexity index is 734. The average Bonchev–Trinajstić information content (AvgIpc) is 2.56. The maximum atomic E-state index is 12.4. The fourth-order valence-electron chi connectivity index (χ4n) is 2.75. The van der Waals surface area contributed by atoms with Gasteiger partial charge in [-0.05, 0) is 31.4 Å². The van der Waals surface area contributed by atoms with Gasteiger partial charge in [0.1, 0.15) is 0 Å². The van der Waals surface area contributed by atoms with Crippen molar-refractivity contribution in [2.45, 2.75) is 19.3 Å². The number of anilines is 1. The number of nitrogens with two attached hydrogens (primary N) is 1. The predicted molar refractivity (Wildman–Crippen MR) is 84.4 cm³/mol. The maximum absolute atomic E-state index is 12.4. The number of carbonyl (C=O) groups is 1. The lowest BCUT2D eigenvalue weighted by atomic mass is 10.1. The van der Waals surface area contributed by atoms with Crippen LogP contribution in [0, 0.1) is 0 Å². The van der Waals surface area contributed by atoms with Crippen LogP contribution < -0.4 is 16.2 Å². The number of piperidine rings is 1. The molecule has 2 N–H and O–H groups in total. The second-order valence-electron chi connectivity index (χ2n) is 5.38. The van der Waals surface area contributed by atoms with E-state index < -0.39 is 5.91 Å². The Morgan fingerprint density at radius 2 is 1.77 bits per heavy atom. The van der Waals surface area contributed by atoms with E-state index >= 15 is 0 Å². The Labute approximate surface area is 128 Å². The van der Waals surface area contributed by atoms with E-state index in [1.807, 2.05) is 23.1 Å². The number of rotatable bonds is 3. The van der Waals surface area contributed by atoms with Gasteiger partial charge in [-0.2, -0.15) is 9.78 Å². The van der Waals surface area contributed by atoms with Crippen molar-refractivity contribution in [3.63, 3.8) is 0 Å². The number of benzene rings is 1. The van der Waals surface area contributed by atoms with E-state index in [1.165, 1.54) is 10.7 Å². The van der Waals surface area contributed by atoms with Gasteiger partial charge in [-0.15, -0.1) is 0 Å². The first-order chi connectivity index (χ1) is 10.7. The van der Waals surface area contributed by atoms with Crippen LogP contribution in [0.1, 0.15) is 29.8 Å². The number of primary amides is 1. The van der Waals surface area contributed by atoms with Crippen LogP contribution >= 0.6 is 0 Å². The number of carbonyl (C=O) groups excluding carboxylic acids is 1. The summed E-state index contributed by atoms with van der Waals surface area (Å²) in [5.41, 5.74) is 6.51. The van der Waals surface area contributed by atoms with Crippen molar-refractivity contribution in [1.82, 2.24) is 9.78 Å². The Kier molecular flexibility index (Phi) is 3.91. The van der Waals surface area contributed by atoms with Gasteiger partial charge in [0.05, 0.1) is 11.4 Å². The SMILES string of the molecule is NC(=O)c1nn(-c2ccccc2)c(=O)cc1N1CCCCC1. The molecule has 3 rings (SSSR count). The number of amides is 1. The average molecular weight is 298 g/mol. The van der Waals surface area contributed by atoms with Crippen molar-refractivity contribution >= 4 is 11.6 Å². The topological polar surface area (TPSA) is 81.2 Å². The molecule has 0 aliphatic carbocycles. The molecule has 1 aliphatic heterocycles. The summed E-state index contributed by atoms with van der Waals surface area (Å²) in [6, 6.07) is 10.5. The Balaban J connectivity index is 2.11. The molecule has 1 saturated heterocycles. The van der Waals surface area contributed by atoms with Gasteiger partial charge in [-0.1, -0.05) is 18.2 Å². The van der Waals surface area contributed by atoms with Gasteiger partial charge in [0, 0.05) is 19.2 Å². The van der Waals surface area contributed by atoms with Crippen LogP contribution in [0.2, 0.25) is 0 Å². The Morgan fingerprint density at radius 3 is 2.41 bits per heavy atom. The normalized spacial score (nSPS) is 14.8. The molecule has 114 valence electrons. The van der Waals surface area contributed by atoms with Crippen molar-refractivity contribution < 1.29 is 4.79 Å². The first kappa shape index (κ1) is 14.3. The van der Waals surface area contributed by atoms with Gasteiger partial charge < -0.3 is 10.6 Å². The van der Waals surface area contributed by atoms with Crippen LogP contribution in [0.25, 0.3) is 5.69 Å². The van der Waals surface area contributed by atoms with Gasteiger partial charge in [0.25, 0.3) is 11.5 Å². The molecule has 2 aromatic rings. The van der Waals surface area contributed by atoms with Gasteiger partial charge in [0.15, 0.2) is 5.69 Å². The summed E-state index contributed by atoms with van der Waals surface area (Å²) in [6.07, 6.45) is 3.25. The molecule has 1 fully saturated rings. The molecule has 1 amide bonds. The van der Waals surface area contributed by atoms with Crippen molar-refractivity contribution in [3.8, 4) is 5.69 Å². The van der Waals surface area contributed by atoms with E-state index in [0.717, 1.165) is 32.4 Å². The second kappa shape index (κ2) is 6.01. The van der Waals surface area contributed by atoms with Gasteiger partial charge >= 0.3 is 0 Å². The van der Waals surface area contributed by atoms with E-state index in [4.69, 9.17) is 5.73 Å². The minimum absolute atomic E-state index is 0.144. The van der Waals surface area contributed by atoms with E-state index in [-0.39, 0.29) is 11.3 Å². The Morgan fingerprint density at radius 1 is 1.09 bits per heavy atom. The monoisotopic (exact) mass is 298 g/mol. The third kappa shape index (κ3) is 2.72. The van der Waals surface area contributed by atoms with Gasteiger partial charge in [0.2, 0.25) is 0 Å².